The quantitative estimate of drug-likeness (QED) is 0.748. The maximum atomic E-state index is 11.2. The Morgan fingerprint density at radius 2 is 2.32 bits per heavy atom. The second-order valence-corrected chi connectivity index (χ2v) is 5.62. The number of carboxylic acids is 1. The largest absolute Gasteiger partial charge is 0.481 e. The summed E-state index contributed by atoms with van der Waals surface area (Å²) in [5.74, 6) is 0.385. The van der Waals surface area contributed by atoms with Crippen molar-refractivity contribution < 1.29 is 9.90 Å². The Hall–Kier alpha value is -2.70. The average molecular weight is 297 g/mol. The first-order valence-corrected chi connectivity index (χ1v) is 7.21. The van der Waals surface area contributed by atoms with Crippen molar-refractivity contribution in [3.63, 3.8) is 0 Å². The van der Waals surface area contributed by atoms with Gasteiger partial charge in [-0.15, -0.1) is 0 Å². The van der Waals surface area contributed by atoms with Gasteiger partial charge in [0.2, 0.25) is 0 Å². The zero-order chi connectivity index (χ0) is 15.3. The molecule has 1 fully saturated rings. The van der Waals surface area contributed by atoms with Gasteiger partial charge in [0, 0.05) is 24.7 Å². The van der Waals surface area contributed by atoms with Crippen LogP contribution in [0.2, 0.25) is 0 Å². The molecule has 3 aromatic heterocycles. The van der Waals surface area contributed by atoms with Gasteiger partial charge in [-0.05, 0) is 19.4 Å². The highest BCUT2D eigenvalue weighted by Crippen LogP contribution is 2.32. The minimum absolute atomic E-state index is 0.339. The molecule has 1 aliphatic rings. The van der Waals surface area contributed by atoms with Crippen LogP contribution in [0.15, 0.2) is 18.5 Å². The molecule has 7 heteroatoms. The molecule has 1 unspecified atom stereocenters. The fourth-order valence-electron chi connectivity index (χ4n) is 3.11. The molecule has 1 saturated heterocycles. The molecule has 1 aliphatic heterocycles. The summed E-state index contributed by atoms with van der Waals surface area (Å²) < 4.78 is 0. The lowest BCUT2D eigenvalue weighted by molar-refractivity contribution is -0.140. The number of nitrogens with zero attached hydrogens (tertiary/aromatic N) is 4. The van der Waals surface area contributed by atoms with E-state index in [4.69, 9.17) is 0 Å². The number of hydrogen-bond acceptors (Lipinski definition) is 5. The van der Waals surface area contributed by atoms with Crippen LogP contribution < -0.4 is 4.90 Å². The Bertz CT molecular complexity index is 888. The van der Waals surface area contributed by atoms with E-state index in [-0.39, 0.29) is 5.92 Å². The number of H-pyrrole nitrogens is 1. The molecule has 22 heavy (non-hydrogen) atoms. The van der Waals surface area contributed by atoms with E-state index in [0.717, 1.165) is 27.8 Å². The van der Waals surface area contributed by atoms with Gasteiger partial charge >= 0.3 is 5.97 Å². The maximum Gasteiger partial charge on any atom is 0.308 e. The maximum absolute atomic E-state index is 11.2. The van der Waals surface area contributed by atoms with Crippen LogP contribution in [0.1, 0.15) is 12.2 Å². The van der Waals surface area contributed by atoms with Crippen LogP contribution in [0.25, 0.3) is 21.9 Å². The number of aryl methyl sites for hydroxylation is 1. The standard InChI is InChI=1S/C15H15N5O2/c1-8-18-11-6-17-13-10(2-4-16-13)12(11)14(19-8)20-5-3-9(7-20)15(21)22/h2,4,6,9H,3,5,7H2,1H3,(H,16,17)(H,21,22). The summed E-state index contributed by atoms with van der Waals surface area (Å²) in [4.78, 5) is 29.8. The van der Waals surface area contributed by atoms with Crippen molar-refractivity contribution in [1.29, 1.82) is 0 Å². The topological polar surface area (TPSA) is 95.0 Å². The van der Waals surface area contributed by atoms with Gasteiger partial charge in [-0.2, -0.15) is 0 Å². The van der Waals surface area contributed by atoms with Crippen molar-refractivity contribution in [2.75, 3.05) is 18.0 Å². The fourth-order valence-corrected chi connectivity index (χ4v) is 3.11. The minimum Gasteiger partial charge on any atom is -0.481 e. The third kappa shape index (κ3) is 1.89. The summed E-state index contributed by atoms with van der Waals surface area (Å²) in [5.41, 5.74) is 1.57. The third-order valence-corrected chi connectivity index (χ3v) is 4.18. The zero-order valence-electron chi connectivity index (χ0n) is 12.1. The first kappa shape index (κ1) is 13.0. The minimum atomic E-state index is -0.744. The smallest absolute Gasteiger partial charge is 0.308 e. The lowest BCUT2D eigenvalue weighted by atomic mass is 10.1. The van der Waals surface area contributed by atoms with E-state index in [0.29, 0.717) is 25.3 Å². The summed E-state index contributed by atoms with van der Waals surface area (Å²) in [6.45, 7) is 3.01. The fraction of sp³-hybridized carbons (Fsp3) is 0.333. The van der Waals surface area contributed by atoms with Gasteiger partial charge in [0.05, 0.1) is 23.0 Å². The van der Waals surface area contributed by atoms with Gasteiger partial charge in [0.15, 0.2) is 0 Å². The van der Waals surface area contributed by atoms with Crippen LogP contribution in [-0.4, -0.2) is 44.1 Å². The molecule has 3 aromatic rings. The molecule has 4 rings (SSSR count). The van der Waals surface area contributed by atoms with E-state index in [2.05, 4.69) is 19.9 Å². The molecule has 4 heterocycles. The lowest BCUT2D eigenvalue weighted by Gasteiger charge is -2.19. The molecule has 0 spiro atoms. The number of aromatic nitrogens is 4. The summed E-state index contributed by atoms with van der Waals surface area (Å²) in [6, 6.07) is 1.96. The van der Waals surface area contributed by atoms with E-state index in [1.54, 1.807) is 6.20 Å². The Morgan fingerprint density at radius 3 is 3.09 bits per heavy atom. The molecule has 112 valence electrons. The average Bonchev–Trinajstić information content (AvgIpc) is 3.15. The number of fused-ring (bicyclic) bond motifs is 3. The number of anilines is 1. The second kappa shape index (κ2) is 4.66. The monoisotopic (exact) mass is 297 g/mol. The highest BCUT2D eigenvalue weighted by Gasteiger charge is 2.30. The lowest BCUT2D eigenvalue weighted by Crippen LogP contribution is -2.24. The molecule has 7 nitrogen and oxygen atoms in total. The van der Waals surface area contributed by atoms with Gasteiger partial charge < -0.3 is 15.0 Å². The number of aromatic amines is 1. The molecular formula is C15H15N5O2. The van der Waals surface area contributed by atoms with Gasteiger partial charge in [-0.1, -0.05) is 0 Å². The van der Waals surface area contributed by atoms with Crippen molar-refractivity contribution in [3.05, 3.63) is 24.3 Å². The van der Waals surface area contributed by atoms with E-state index >= 15 is 0 Å². The number of pyridine rings is 1. The molecule has 0 amide bonds. The highest BCUT2D eigenvalue weighted by molar-refractivity contribution is 6.09. The van der Waals surface area contributed by atoms with E-state index in [1.165, 1.54) is 0 Å². The number of nitrogens with one attached hydrogen (secondary N) is 1. The van der Waals surface area contributed by atoms with Crippen LogP contribution in [0, 0.1) is 12.8 Å². The van der Waals surface area contributed by atoms with Gasteiger partial charge in [-0.25, -0.2) is 15.0 Å². The summed E-state index contributed by atoms with van der Waals surface area (Å²) >= 11 is 0. The van der Waals surface area contributed by atoms with Gasteiger partial charge in [-0.3, -0.25) is 4.79 Å². The number of hydrogen-bond donors (Lipinski definition) is 2. The van der Waals surface area contributed by atoms with Crippen molar-refractivity contribution in [3.8, 4) is 0 Å². The second-order valence-electron chi connectivity index (χ2n) is 5.62. The van der Waals surface area contributed by atoms with E-state index < -0.39 is 5.97 Å². The first-order valence-electron chi connectivity index (χ1n) is 7.21. The Morgan fingerprint density at radius 1 is 1.45 bits per heavy atom. The predicted molar refractivity (Wildman–Crippen MR) is 81.9 cm³/mol. The molecule has 0 bridgehead atoms. The number of carboxylic acid groups (broad SMARTS) is 1. The van der Waals surface area contributed by atoms with Crippen LogP contribution in [0.4, 0.5) is 5.82 Å². The van der Waals surface area contributed by atoms with Crippen molar-refractivity contribution in [2.45, 2.75) is 13.3 Å². The van der Waals surface area contributed by atoms with Crippen LogP contribution in [0.3, 0.4) is 0 Å². The molecule has 0 aliphatic carbocycles. The molecule has 0 saturated carbocycles. The summed E-state index contributed by atoms with van der Waals surface area (Å²) in [7, 11) is 0. The first-order chi connectivity index (χ1) is 10.6. The van der Waals surface area contributed by atoms with Crippen molar-refractivity contribution in [1.82, 2.24) is 19.9 Å². The van der Waals surface area contributed by atoms with E-state index in [1.807, 2.05) is 24.1 Å². The number of rotatable bonds is 2. The van der Waals surface area contributed by atoms with Crippen LogP contribution in [0.5, 0.6) is 0 Å². The Labute approximate surface area is 126 Å². The molecule has 0 radical (unpaired) electrons. The predicted octanol–water partition coefficient (Wildman–Crippen LogP) is 1.73. The van der Waals surface area contributed by atoms with Gasteiger partial charge in [0.1, 0.15) is 17.3 Å². The summed E-state index contributed by atoms with van der Waals surface area (Å²) in [5, 5.41) is 11.1. The highest BCUT2D eigenvalue weighted by atomic mass is 16.4. The molecule has 0 aromatic carbocycles. The number of aliphatic carboxylic acids is 1. The zero-order valence-corrected chi connectivity index (χ0v) is 12.1. The van der Waals surface area contributed by atoms with Gasteiger partial charge in [0.25, 0.3) is 0 Å². The summed E-state index contributed by atoms with van der Waals surface area (Å²) in [6.07, 6.45) is 4.21. The molecular weight excluding hydrogens is 282 g/mol. The van der Waals surface area contributed by atoms with Crippen LogP contribution >= 0.6 is 0 Å². The Balaban J connectivity index is 1.92. The van der Waals surface area contributed by atoms with Crippen LogP contribution in [-0.2, 0) is 4.79 Å². The van der Waals surface area contributed by atoms with Crippen molar-refractivity contribution >= 4 is 33.7 Å². The molecule has 2 N–H and O–H groups in total. The number of carbonyl (C=O) groups is 1. The Kier molecular flexibility index (Phi) is 2.75. The van der Waals surface area contributed by atoms with E-state index in [9.17, 15) is 9.90 Å². The molecule has 1 atom stereocenters. The SMILES string of the molecule is Cc1nc(N2CCC(C(=O)O)C2)c2c(cnc3[nH]ccc32)n1. The normalized spacial score (nSPS) is 18.4. The van der Waals surface area contributed by atoms with Crippen molar-refractivity contribution in [2.24, 2.45) is 5.92 Å². The third-order valence-electron chi connectivity index (χ3n) is 4.18.